The van der Waals surface area contributed by atoms with Gasteiger partial charge in [-0.15, -0.1) is 0 Å². The second-order valence-corrected chi connectivity index (χ2v) is 9.35. The van der Waals surface area contributed by atoms with E-state index < -0.39 is 40.0 Å². The van der Waals surface area contributed by atoms with E-state index in [0.717, 1.165) is 5.56 Å². The lowest BCUT2D eigenvalue weighted by atomic mass is 10.1. The third-order valence-electron chi connectivity index (χ3n) is 5.12. The number of hydrogen-bond donors (Lipinski definition) is 5. The Labute approximate surface area is 209 Å². The van der Waals surface area contributed by atoms with Crippen LogP contribution in [-0.2, 0) is 30.8 Å². The molecule has 0 aliphatic rings. The minimum Gasteiger partial charge on any atom is -0.497 e. The van der Waals surface area contributed by atoms with Crippen LogP contribution in [0.1, 0.15) is 18.4 Å². The Bertz CT molecular complexity index is 1110. The number of amides is 3. The Morgan fingerprint density at radius 1 is 0.972 bits per heavy atom. The first-order valence-corrected chi connectivity index (χ1v) is 12.4. The van der Waals surface area contributed by atoms with Crippen molar-refractivity contribution < 1.29 is 37.5 Å². The Morgan fingerprint density at radius 2 is 1.64 bits per heavy atom. The predicted molar refractivity (Wildman–Crippen MR) is 129 cm³/mol. The number of carbonyl (C=O) groups excluding carboxylic acids is 3. The van der Waals surface area contributed by atoms with E-state index in [1.165, 1.54) is 44.0 Å². The highest BCUT2D eigenvalue weighted by molar-refractivity contribution is 7.89. The minimum atomic E-state index is -4.08. The molecule has 12 nitrogen and oxygen atoms in total. The molecular formula is C23H30N4O8S. The third kappa shape index (κ3) is 8.83. The average Bonchev–Trinajstić information content (AvgIpc) is 2.89. The zero-order chi connectivity index (χ0) is 26.6. The highest BCUT2D eigenvalue weighted by atomic mass is 32.2. The molecule has 2 aromatic carbocycles. The number of carbonyl (C=O) groups is 3. The standard InChI is InChI=1S/C23H30N4O8S/c1-34-17-10-12-18(13-11-17)36(32,33)27-19(21(28)26-31)9-6-14-24-23(30)25-20(22(29)35-2)15-16-7-4-3-5-8-16/h3-5,7-8,10-13,19-20,27,31H,6,9,14-15H2,1-2H3,(H,26,28)(H2,24,25,30)/t19-,20-/m0/s1. The van der Waals surface area contributed by atoms with Crippen molar-refractivity contribution in [1.29, 1.82) is 0 Å². The molecule has 0 unspecified atom stereocenters. The second kappa shape index (κ2) is 14.0. The summed E-state index contributed by atoms with van der Waals surface area (Å²) in [6.45, 7) is 0.0601. The van der Waals surface area contributed by atoms with Crippen LogP contribution in [0.3, 0.4) is 0 Å². The third-order valence-corrected chi connectivity index (χ3v) is 6.61. The van der Waals surface area contributed by atoms with Gasteiger partial charge in [0.25, 0.3) is 5.91 Å². The van der Waals surface area contributed by atoms with Crippen LogP contribution in [0.15, 0.2) is 59.5 Å². The van der Waals surface area contributed by atoms with Crippen molar-refractivity contribution in [2.45, 2.75) is 36.2 Å². The number of rotatable bonds is 13. The van der Waals surface area contributed by atoms with Gasteiger partial charge in [0.1, 0.15) is 17.8 Å². The molecule has 0 heterocycles. The molecule has 3 amide bonds. The van der Waals surface area contributed by atoms with E-state index in [0.29, 0.717) is 5.75 Å². The maximum Gasteiger partial charge on any atom is 0.328 e. The van der Waals surface area contributed by atoms with Gasteiger partial charge in [-0.2, -0.15) is 4.72 Å². The van der Waals surface area contributed by atoms with Gasteiger partial charge in [-0.3, -0.25) is 10.0 Å². The molecule has 196 valence electrons. The molecule has 2 atom stereocenters. The number of urea groups is 1. The van der Waals surface area contributed by atoms with Crippen molar-refractivity contribution in [3.8, 4) is 5.75 Å². The van der Waals surface area contributed by atoms with Crippen molar-refractivity contribution >= 4 is 27.9 Å². The molecule has 0 saturated carbocycles. The predicted octanol–water partition coefficient (Wildman–Crippen LogP) is 0.711. The van der Waals surface area contributed by atoms with Gasteiger partial charge < -0.3 is 20.1 Å². The number of hydrogen-bond acceptors (Lipinski definition) is 8. The monoisotopic (exact) mass is 522 g/mol. The second-order valence-electron chi connectivity index (χ2n) is 7.63. The molecule has 0 aliphatic heterocycles. The van der Waals surface area contributed by atoms with E-state index in [-0.39, 0.29) is 30.7 Å². The zero-order valence-electron chi connectivity index (χ0n) is 19.9. The van der Waals surface area contributed by atoms with Gasteiger partial charge >= 0.3 is 12.0 Å². The maximum absolute atomic E-state index is 12.6. The SMILES string of the molecule is COC(=O)[C@H](Cc1ccccc1)NC(=O)NCCC[C@H](NS(=O)(=O)c1ccc(OC)cc1)C(=O)NO. The van der Waals surface area contributed by atoms with Crippen molar-refractivity contribution in [2.24, 2.45) is 0 Å². The average molecular weight is 523 g/mol. The van der Waals surface area contributed by atoms with Crippen molar-refractivity contribution in [3.05, 3.63) is 60.2 Å². The maximum atomic E-state index is 12.6. The molecule has 0 fully saturated rings. The van der Waals surface area contributed by atoms with Gasteiger partial charge in [0.15, 0.2) is 0 Å². The fourth-order valence-electron chi connectivity index (χ4n) is 3.23. The number of benzene rings is 2. The summed E-state index contributed by atoms with van der Waals surface area (Å²) in [6, 6.07) is 11.8. The van der Waals surface area contributed by atoms with Gasteiger partial charge in [0, 0.05) is 13.0 Å². The first-order valence-electron chi connectivity index (χ1n) is 11.0. The lowest BCUT2D eigenvalue weighted by Crippen LogP contribution is -2.48. The first kappa shape index (κ1) is 28.6. The molecule has 36 heavy (non-hydrogen) atoms. The van der Waals surface area contributed by atoms with Gasteiger partial charge in [0.05, 0.1) is 19.1 Å². The Morgan fingerprint density at radius 3 is 2.22 bits per heavy atom. The highest BCUT2D eigenvalue weighted by Crippen LogP contribution is 2.16. The quantitative estimate of drug-likeness (QED) is 0.111. The van der Waals surface area contributed by atoms with Crippen LogP contribution in [0.4, 0.5) is 4.79 Å². The molecule has 2 rings (SSSR count). The normalized spacial score (nSPS) is 12.6. The molecule has 0 spiro atoms. The summed E-state index contributed by atoms with van der Waals surface area (Å²) >= 11 is 0. The summed E-state index contributed by atoms with van der Waals surface area (Å²) in [5.74, 6) is -1.10. The van der Waals surface area contributed by atoms with Gasteiger partial charge in [-0.05, 0) is 42.7 Å². The summed E-state index contributed by atoms with van der Waals surface area (Å²) < 4.78 is 37.3. The van der Waals surface area contributed by atoms with Gasteiger partial charge in [-0.25, -0.2) is 23.5 Å². The number of sulfonamides is 1. The van der Waals surface area contributed by atoms with Crippen molar-refractivity contribution in [3.63, 3.8) is 0 Å². The molecule has 0 saturated heterocycles. The number of esters is 1. The van der Waals surface area contributed by atoms with E-state index in [2.05, 4.69) is 15.4 Å². The number of nitrogens with one attached hydrogen (secondary N) is 4. The van der Waals surface area contributed by atoms with Crippen LogP contribution in [0.25, 0.3) is 0 Å². The summed E-state index contributed by atoms with van der Waals surface area (Å²) in [7, 11) is -1.42. The molecule has 13 heteroatoms. The fourth-order valence-corrected chi connectivity index (χ4v) is 4.46. The molecule has 0 aliphatic carbocycles. The van der Waals surface area contributed by atoms with Crippen LogP contribution in [-0.4, -0.2) is 64.4 Å². The highest BCUT2D eigenvalue weighted by Gasteiger charge is 2.26. The Hall–Kier alpha value is -3.68. The first-order chi connectivity index (χ1) is 17.2. The fraction of sp³-hybridized carbons (Fsp3) is 0.348. The Balaban J connectivity index is 1.90. The van der Waals surface area contributed by atoms with Gasteiger partial charge in [0.2, 0.25) is 10.0 Å². The van der Waals surface area contributed by atoms with Crippen molar-refractivity contribution in [2.75, 3.05) is 20.8 Å². The lowest BCUT2D eigenvalue weighted by molar-refractivity contribution is -0.142. The summed E-state index contributed by atoms with van der Waals surface area (Å²) in [5.41, 5.74) is 2.27. The van der Waals surface area contributed by atoms with E-state index in [9.17, 15) is 22.8 Å². The van der Waals surface area contributed by atoms with Crippen LogP contribution < -0.4 is 25.6 Å². The van der Waals surface area contributed by atoms with Crippen LogP contribution in [0.2, 0.25) is 0 Å². The summed E-state index contributed by atoms with van der Waals surface area (Å²) in [6.07, 6.45) is 0.373. The summed E-state index contributed by atoms with van der Waals surface area (Å²) in [4.78, 5) is 36.3. The van der Waals surface area contributed by atoms with Crippen LogP contribution in [0.5, 0.6) is 5.75 Å². The largest absolute Gasteiger partial charge is 0.497 e. The molecule has 5 N–H and O–H groups in total. The van der Waals surface area contributed by atoms with Crippen LogP contribution in [0, 0.1) is 0 Å². The van der Waals surface area contributed by atoms with Crippen molar-refractivity contribution in [1.82, 2.24) is 20.8 Å². The molecule has 0 bridgehead atoms. The topological polar surface area (TPSA) is 172 Å². The number of ether oxygens (including phenoxy) is 2. The van der Waals surface area contributed by atoms with Crippen LogP contribution >= 0.6 is 0 Å². The molecular weight excluding hydrogens is 492 g/mol. The van der Waals surface area contributed by atoms with E-state index in [1.54, 1.807) is 0 Å². The molecule has 2 aromatic rings. The molecule has 0 aromatic heterocycles. The molecule has 0 radical (unpaired) electrons. The zero-order valence-corrected chi connectivity index (χ0v) is 20.7. The lowest BCUT2D eigenvalue weighted by Gasteiger charge is -2.18. The minimum absolute atomic E-state index is 0.0352. The number of methoxy groups -OCH3 is 2. The smallest absolute Gasteiger partial charge is 0.328 e. The Kier molecular flexibility index (Phi) is 11.1. The number of hydroxylamine groups is 1. The van der Waals surface area contributed by atoms with E-state index in [4.69, 9.17) is 14.7 Å². The van der Waals surface area contributed by atoms with Gasteiger partial charge in [-0.1, -0.05) is 30.3 Å². The van der Waals surface area contributed by atoms with E-state index >= 15 is 0 Å². The van der Waals surface area contributed by atoms with E-state index in [1.807, 2.05) is 30.3 Å². The summed E-state index contributed by atoms with van der Waals surface area (Å²) in [5, 5.41) is 14.1.